The van der Waals surface area contributed by atoms with Gasteiger partial charge < -0.3 is 14.8 Å². The Kier molecular flexibility index (Phi) is 6.81. The minimum Gasteiger partial charge on any atom is -0.497 e. The molecule has 1 aromatic heterocycles. The van der Waals surface area contributed by atoms with E-state index in [1.807, 2.05) is 13.0 Å². The highest BCUT2D eigenvalue weighted by Crippen LogP contribution is 2.29. The molecular formula is C20H26N2O5S2. The molecule has 1 aliphatic rings. The van der Waals surface area contributed by atoms with Crippen LogP contribution in [0.25, 0.3) is 0 Å². The van der Waals surface area contributed by atoms with E-state index in [2.05, 4.69) is 5.32 Å². The van der Waals surface area contributed by atoms with Gasteiger partial charge in [0.15, 0.2) is 0 Å². The van der Waals surface area contributed by atoms with Gasteiger partial charge in [-0.2, -0.15) is 4.31 Å². The van der Waals surface area contributed by atoms with E-state index in [0.29, 0.717) is 35.1 Å². The van der Waals surface area contributed by atoms with Crippen LogP contribution in [0.4, 0.5) is 0 Å². The molecule has 0 aliphatic carbocycles. The first-order chi connectivity index (χ1) is 13.8. The van der Waals surface area contributed by atoms with Gasteiger partial charge in [0.2, 0.25) is 5.91 Å². The van der Waals surface area contributed by atoms with Gasteiger partial charge >= 0.3 is 0 Å². The van der Waals surface area contributed by atoms with Crippen molar-refractivity contribution in [2.45, 2.75) is 30.5 Å². The van der Waals surface area contributed by atoms with Crippen molar-refractivity contribution in [2.75, 3.05) is 27.3 Å². The highest BCUT2D eigenvalue weighted by Gasteiger charge is 2.34. The average Bonchev–Trinajstić information content (AvgIpc) is 3.19. The lowest BCUT2D eigenvalue weighted by Gasteiger charge is -2.30. The molecule has 7 nitrogen and oxygen atoms in total. The van der Waals surface area contributed by atoms with Gasteiger partial charge in [0, 0.05) is 30.1 Å². The number of hydrogen-bond acceptors (Lipinski definition) is 6. The van der Waals surface area contributed by atoms with Gasteiger partial charge in [-0.1, -0.05) is 0 Å². The first kappa shape index (κ1) is 21.6. The Bertz CT molecular complexity index is 971. The van der Waals surface area contributed by atoms with E-state index in [4.69, 9.17) is 9.47 Å². The lowest BCUT2D eigenvalue weighted by Crippen LogP contribution is -2.45. The molecule has 1 N–H and O–H groups in total. The smallest absolute Gasteiger partial charge is 0.252 e. The van der Waals surface area contributed by atoms with E-state index >= 15 is 0 Å². The second kappa shape index (κ2) is 9.15. The minimum atomic E-state index is -3.56. The van der Waals surface area contributed by atoms with Crippen molar-refractivity contribution in [2.24, 2.45) is 5.92 Å². The molecule has 0 bridgehead atoms. The number of amides is 1. The highest BCUT2D eigenvalue weighted by atomic mass is 32.2. The predicted molar refractivity (Wildman–Crippen MR) is 112 cm³/mol. The zero-order chi connectivity index (χ0) is 21.0. The van der Waals surface area contributed by atoms with E-state index in [1.54, 1.807) is 38.5 Å². The molecule has 29 heavy (non-hydrogen) atoms. The first-order valence-corrected chi connectivity index (χ1v) is 11.7. The molecule has 0 radical (unpaired) electrons. The van der Waals surface area contributed by atoms with Crippen LogP contribution in [0.5, 0.6) is 11.5 Å². The fourth-order valence-corrected chi connectivity index (χ4v) is 6.36. The standard InChI is InChI=1S/C20H26N2O5S2/c1-14-6-9-19(28-14)29(24,25)22-10-4-5-15(13-22)20(23)21-12-16-11-17(26-2)7-8-18(16)27-3/h6-9,11,15H,4-5,10,12-13H2,1-3H3,(H,21,23)/t15-/m0/s1. The van der Waals surface area contributed by atoms with E-state index in [-0.39, 0.29) is 24.9 Å². The van der Waals surface area contributed by atoms with Gasteiger partial charge in [0.1, 0.15) is 15.7 Å². The van der Waals surface area contributed by atoms with E-state index in [1.165, 1.54) is 15.6 Å². The van der Waals surface area contributed by atoms with Crippen LogP contribution in [-0.2, 0) is 21.4 Å². The molecule has 1 aromatic carbocycles. The van der Waals surface area contributed by atoms with E-state index < -0.39 is 10.0 Å². The summed E-state index contributed by atoms with van der Waals surface area (Å²) in [6, 6.07) is 8.83. The number of aryl methyl sites for hydroxylation is 1. The number of benzene rings is 1. The number of ether oxygens (including phenoxy) is 2. The van der Waals surface area contributed by atoms with E-state index in [0.717, 1.165) is 10.4 Å². The Morgan fingerprint density at radius 2 is 2.03 bits per heavy atom. The second-order valence-corrected chi connectivity index (χ2v) is 10.4. The quantitative estimate of drug-likeness (QED) is 0.719. The maximum Gasteiger partial charge on any atom is 0.252 e. The minimum absolute atomic E-state index is 0.155. The third kappa shape index (κ3) is 4.91. The lowest BCUT2D eigenvalue weighted by atomic mass is 9.98. The Morgan fingerprint density at radius 1 is 1.24 bits per heavy atom. The highest BCUT2D eigenvalue weighted by molar-refractivity contribution is 7.91. The summed E-state index contributed by atoms with van der Waals surface area (Å²) in [4.78, 5) is 13.7. The number of hydrogen-bond donors (Lipinski definition) is 1. The van der Waals surface area contributed by atoms with Crippen LogP contribution < -0.4 is 14.8 Å². The summed E-state index contributed by atoms with van der Waals surface area (Å²) in [5.74, 6) is 0.802. The molecule has 1 atom stereocenters. The lowest BCUT2D eigenvalue weighted by molar-refractivity contribution is -0.126. The number of sulfonamides is 1. The zero-order valence-corrected chi connectivity index (χ0v) is 18.4. The van der Waals surface area contributed by atoms with Crippen LogP contribution in [0.15, 0.2) is 34.5 Å². The van der Waals surface area contributed by atoms with Gasteiger partial charge in [0.25, 0.3) is 10.0 Å². The molecule has 1 fully saturated rings. The molecule has 1 amide bonds. The summed E-state index contributed by atoms with van der Waals surface area (Å²) >= 11 is 1.26. The molecule has 9 heteroatoms. The first-order valence-electron chi connectivity index (χ1n) is 9.40. The number of carbonyl (C=O) groups is 1. The van der Waals surface area contributed by atoms with Gasteiger partial charge in [0.05, 0.1) is 20.1 Å². The summed E-state index contributed by atoms with van der Waals surface area (Å²) in [5.41, 5.74) is 0.801. The molecule has 0 spiro atoms. The van der Waals surface area contributed by atoms with E-state index in [9.17, 15) is 13.2 Å². The third-order valence-corrected chi connectivity index (χ3v) is 8.34. The fourth-order valence-electron chi connectivity index (χ4n) is 3.40. The Hall–Kier alpha value is -2.10. The zero-order valence-electron chi connectivity index (χ0n) is 16.8. The largest absolute Gasteiger partial charge is 0.497 e. The third-order valence-electron chi connectivity index (χ3n) is 5.01. The summed E-state index contributed by atoms with van der Waals surface area (Å²) in [7, 11) is -0.407. The summed E-state index contributed by atoms with van der Waals surface area (Å²) < 4.78 is 38.1. The molecule has 2 heterocycles. The van der Waals surface area contributed by atoms with Crippen LogP contribution in [0, 0.1) is 12.8 Å². The number of nitrogens with zero attached hydrogens (tertiary/aromatic N) is 1. The number of nitrogens with one attached hydrogen (secondary N) is 1. The number of piperidine rings is 1. The van der Waals surface area contributed by atoms with Gasteiger partial charge in [-0.3, -0.25) is 4.79 Å². The number of methoxy groups -OCH3 is 2. The monoisotopic (exact) mass is 438 g/mol. The van der Waals surface area contributed by atoms with Crippen molar-refractivity contribution in [1.29, 1.82) is 0 Å². The Balaban J connectivity index is 1.66. The summed E-state index contributed by atoms with van der Waals surface area (Å²) in [6.07, 6.45) is 1.32. The average molecular weight is 439 g/mol. The van der Waals surface area contributed by atoms with Gasteiger partial charge in [-0.15, -0.1) is 11.3 Å². The second-order valence-electron chi connectivity index (χ2n) is 6.96. The van der Waals surface area contributed by atoms with Gasteiger partial charge in [-0.05, 0) is 50.1 Å². The number of thiophene rings is 1. The van der Waals surface area contributed by atoms with Crippen molar-refractivity contribution in [1.82, 2.24) is 9.62 Å². The summed E-state index contributed by atoms with van der Waals surface area (Å²) in [5, 5.41) is 2.92. The van der Waals surface area contributed by atoms with Crippen molar-refractivity contribution in [3.05, 3.63) is 40.8 Å². The molecule has 0 saturated carbocycles. The molecule has 2 aromatic rings. The Labute approximate surface area is 175 Å². The maximum absolute atomic E-state index is 12.9. The Morgan fingerprint density at radius 3 is 2.69 bits per heavy atom. The van der Waals surface area contributed by atoms with Crippen molar-refractivity contribution in [3.8, 4) is 11.5 Å². The molecule has 3 rings (SSSR count). The number of carbonyl (C=O) groups excluding carboxylic acids is 1. The van der Waals surface area contributed by atoms with Crippen LogP contribution in [0.2, 0.25) is 0 Å². The SMILES string of the molecule is COc1ccc(OC)c(CNC(=O)[C@H]2CCCN(S(=O)(=O)c3ccc(C)s3)C2)c1. The normalized spacial score (nSPS) is 17.7. The maximum atomic E-state index is 12.9. The summed E-state index contributed by atoms with van der Waals surface area (Å²) in [6.45, 7) is 2.79. The molecule has 158 valence electrons. The molecular weight excluding hydrogens is 412 g/mol. The molecule has 1 saturated heterocycles. The fraction of sp³-hybridized carbons (Fsp3) is 0.450. The van der Waals surface area contributed by atoms with Crippen LogP contribution in [-0.4, -0.2) is 45.9 Å². The van der Waals surface area contributed by atoms with Crippen molar-refractivity contribution < 1.29 is 22.7 Å². The van der Waals surface area contributed by atoms with Crippen LogP contribution >= 0.6 is 11.3 Å². The molecule has 0 unspecified atom stereocenters. The van der Waals surface area contributed by atoms with Crippen molar-refractivity contribution in [3.63, 3.8) is 0 Å². The van der Waals surface area contributed by atoms with Crippen molar-refractivity contribution >= 4 is 27.3 Å². The van der Waals surface area contributed by atoms with Crippen LogP contribution in [0.3, 0.4) is 0 Å². The predicted octanol–water partition coefficient (Wildman–Crippen LogP) is 2.79. The topological polar surface area (TPSA) is 84.9 Å². The van der Waals surface area contributed by atoms with Crippen LogP contribution in [0.1, 0.15) is 23.3 Å². The molecule has 1 aliphatic heterocycles. The van der Waals surface area contributed by atoms with Gasteiger partial charge in [-0.25, -0.2) is 8.42 Å². The number of rotatable bonds is 7.